The summed E-state index contributed by atoms with van der Waals surface area (Å²) in [7, 11) is 1.84. The Balaban J connectivity index is 1.41. The number of amides is 3. The van der Waals surface area contributed by atoms with Crippen LogP contribution in [0.5, 0.6) is 0 Å². The number of hydrogen-bond donors (Lipinski definition) is 3. The van der Waals surface area contributed by atoms with Crippen LogP contribution in [0.3, 0.4) is 0 Å². The predicted molar refractivity (Wildman–Crippen MR) is 129 cm³/mol. The molecule has 0 saturated carbocycles. The van der Waals surface area contributed by atoms with Crippen molar-refractivity contribution >= 4 is 28.8 Å². The monoisotopic (exact) mass is 455 g/mol. The van der Waals surface area contributed by atoms with Crippen LogP contribution in [0, 0.1) is 0 Å². The van der Waals surface area contributed by atoms with Crippen LogP contribution in [0.15, 0.2) is 84.9 Å². The Bertz CT molecular complexity index is 1300. The van der Waals surface area contributed by atoms with Gasteiger partial charge in [-0.25, -0.2) is 4.98 Å². The van der Waals surface area contributed by atoms with Crippen molar-refractivity contribution in [2.45, 2.75) is 18.9 Å². The highest BCUT2D eigenvalue weighted by molar-refractivity contribution is 5.97. The second kappa shape index (κ2) is 10.4. The number of aromatic nitrogens is 2. The molecule has 0 aliphatic carbocycles. The minimum absolute atomic E-state index is 0.00874. The van der Waals surface area contributed by atoms with Gasteiger partial charge in [0.25, 0.3) is 11.8 Å². The number of fused-ring (bicyclic) bond motifs is 1. The lowest BCUT2D eigenvalue weighted by molar-refractivity contribution is -0.129. The van der Waals surface area contributed by atoms with Crippen molar-refractivity contribution in [3.63, 3.8) is 0 Å². The van der Waals surface area contributed by atoms with Gasteiger partial charge in [0.1, 0.15) is 11.9 Å². The fraction of sp³-hybridized carbons (Fsp3) is 0.154. The highest BCUT2D eigenvalue weighted by Crippen LogP contribution is 2.14. The smallest absolute Gasteiger partial charge is 0.261 e. The molecule has 0 radical (unpaired) electrons. The van der Waals surface area contributed by atoms with E-state index in [0.29, 0.717) is 11.4 Å². The normalized spacial score (nSPS) is 11.6. The van der Waals surface area contributed by atoms with Gasteiger partial charge >= 0.3 is 0 Å². The lowest BCUT2D eigenvalue weighted by atomic mass is 10.0. The molecule has 1 heterocycles. The maximum Gasteiger partial charge on any atom is 0.261 e. The summed E-state index contributed by atoms with van der Waals surface area (Å²) in [6.07, 6.45) is 0.261. The van der Waals surface area contributed by atoms with E-state index in [-0.39, 0.29) is 18.7 Å². The second-order valence-corrected chi connectivity index (χ2v) is 7.87. The molecule has 8 heteroatoms. The van der Waals surface area contributed by atoms with E-state index in [0.717, 1.165) is 16.6 Å². The Morgan fingerprint density at radius 1 is 0.853 bits per heavy atom. The van der Waals surface area contributed by atoms with E-state index < -0.39 is 17.9 Å². The van der Waals surface area contributed by atoms with Crippen LogP contribution in [0.2, 0.25) is 0 Å². The van der Waals surface area contributed by atoms with Gasteiger partial charge in [-0.2, -0.15) is 0 Å². The molecule has 3 N–H and O–H groups in total. The van der Waals surface area contributed by atoms with Crippen molar-refractivity contribution in [2.75, 3.05) is 0 Å². The van der Waals surface area contributed by atoms with Crippen molar-refractivity contribution in [3.05, 3.63) is 102 Å². The second-order valence-electron chi connectivity index (χ2n) is 7.87. The average molecular weight is 456 g/mol. The lowest BCUT2D eigenvalue weighted by Crippen LogP contribution is -2.53. The molecule has 1 atom stereocenters. The highest BCUT2D eigenvalue weighted by Gasteiger charge is 2.23. The zero-order valence-electron chi connectivity index (χ0n) is 18.7. The largest absolute Gasteiger partial charge is 0.340 e. The topological polar surface area (TPSA) is 105 Å². The van der Waals surface area contributed by atoms with Crippen LogP contribution >= 0.6 is 0 Å². The van der Waals surface area contributed by atoms with Gasteiger partial charge in [-0.1, -0.05) is 60.7 Å². The molecule has 34 heavy (non-hydrogen) atoms. The van der Waals surface area contributed by atoms with Crippen LogP contribution < -0.4 is 16.2 Å². The van der Waals surface area contributed by atoms with Crippen LogP contribution in [0.4, 0.5) is 0 Å². The van der Waals surface area contributed by atoms with Gasteiger partial charge in [-0.3, -0.25) is 25.2 Å². The Labute approximate surface area is 197 Å². The molecule has 4 aromatic rings. The summed E-state index contributed by atoms with van der Waals surface area (Å²) in [5.41, 5.74) is 7.91. The number of carbonyl (C=O) groups excluding carboxylic acids is 3. The quantitative estimate of drug-likeness (QED) is 0.372. The zero-order chi connectivity index (χ0) is 23.9. The van der Waals surface area contributed by atoms with Crippen molar-refractivity contribution in [3.8, 4) is 0 Å². The number of aryl methyl sites for hydroxylation is 1. The van der Waals surface area contributed by atoms with E-state index in [9.17, 15) is 14.4 Å². The molecule has 0 fully saturated rings. The summed E-state index contributed by atoms with van der Waals surface area (Å²) < 4.78 is 1.84. The van der Waals surface area contributed by atoms with Crippen molar-refractivity contribution < 1.29 is 14.4 Å². The summed E-state index contributed by atoms with van der Waals surface area (Å²) in [4.78, 5) is 42.6. The number of hydrazine groups is 1. The molecule has 0 spiro atoms. The van der Waals surface area contributed by atoms with Crippen molar-refractivity contribution in [1.82, 2.24) is 25.7 Å². The number of para-hydroxylation sites is 2. The van der Waals surface area contributed by atoms with Crippen molar-refractivity contribution in [1.29, 1.82) is 0 Å². The van der Waals surface area contributed by atoms with Crippen LogP contribution in [-0.4, -0.2) is 33.3 Å². The Morgan fingerprint density at radius 2 is 1.50 bits per heavy atom. The van der Waals surface area contributed by atoms with Gasteiger partial charge in [0.15, 0.2) is 0 Å². The van der Waals surface area contributed by atoms with Gasteiger partial charge in [-0.15, -0.1) is 0 Å². The number of nitrogens with one attached hydrogen (secondary N) is 3. The van der Waals surface area contributed by atoms with Gasteiger partial charge in [0.2, 0.25) is 5.91 Å². The first kappa shape index (κ1) is 22.7. The van der Waals surface area contributed by atoms with Gasteiger partial charge < -0.3 is 9.88 Å². The molecular formula is C26H25N5O3. The molecule has 0 bridgehead atoms. The van der Waals surface area contributed by atoms with E-state index in [1.54, 1.807) is 24.3 Å². The highest BCUT2D eigenvalue weighted by atomic mass is 16.2. The fourth-order valence-corrected chi connectivity index (χ4v) is 3.65. The van der Waals surface area contributed by atoms with Gasteiger partial charge in [0, 0.05) is 19.0 Å². The molecule has 0 unspecified atom stereocenters. The lowest BCUT2D eigenvalue weighted by Gasteiger charge is -2.19. The summed E-state index contributed by atoms with van der Waals surface area (Å²) in [6, 6.07) is 24.7. The van der Waals surface area contributed by atoms with Gasteiger partial charge in [-0.05, 0) is 29.8 Å². The third-order valence-corrected chi connectivity index (χ3v) is 5.46. The summed E-state index contributed by atoms with van der Waals surface area (Å²) in [6.45, 7) is 0. The Hall–Kier alpha value is -4.46. The maximum atomic E-state index is 12.9. The minimum Gasteiger partial charge on any atom is -0.340 e. The fourth-order valence-electron chi connectivity index (χ4n) is 3.65. The van der Waals surface area contributed by atoms with E-state index >= 15 is 0 Å². The predicted octanol–water partition coefficient (Wildman–Crippen LogP) is 2.30. The van der Waals surface area contributed by atoms with Crippen LogP contribution in [0.1, 0.15) is 21.7 Å². The first-order chi connectivity index (χ1) is 16.5. The molecule has 3 amide bonds. The molecule has 0 aliphatic heterocycles. The SMILES string of the molecule is Cn1c(CC(=O)NNC(=O)[C@H](Cc2ccccc2)NC(=O)c2ccccc2)nc2ccccc21. The van der Waals surface area contributed by atoms with E-state index in [2.05, 4.69) is 21.2 Å². The molecule has 4 rings (SSSR count). The third kappa shape index (κ3) is 5.47. The maximum absolute atomic E-state index is 12.9. The molecule has 0 saturated heterocycles. The van der Waals surface area contributed by atoms with E-state index in [1.165, 1.54) is 0 Å². The first-order valence-electron chi connectivity index (χ1n) is 10.9. The summed E-state index contributed by atoms with van der Waals surface area (Å²) in [5.74, 6) is -0.736. The molecule has 0 aliphatic rings. The van der Waals surface area contributed by atoms with E-state index in [1.807, 2.05) is 72.3 Å². The first-order valence-corrected chi connectivity index (χ1v) is 10.9. The van der Waals surface area contributed by atoms with E-state index in [4.69, 9.17) is 0 Å². The Kier molecular flexibility index (Phi) is 6.98. The third-order valence-electron chi connectivity index (χ3n) is 5.46. The summed E-state index contributed by atoms with van der Waals surface area (Å²) >= 11 is 0. The number of rotatable bonds is 7. The minimum atomic E-state index is -0.883. The zero-order valence-corrected chi connectivity index (χ0v) is 18.7. The number of imidazole rings is 1. The average Bonchev–Trinajstić information content (AvgIpc) is 3.18. The molecular weight excluding hydrogens is 430 g/mol. The van der Waals surface area contributed by atoms with Gasteiger partial charge in [0.05, 0.1) is 17.5 Å². The molecule has 1 aromatic heterocycles. The molecule has 8 nitrogen and oxygen atoms in total. The Morgan fingerprint density at radius 3 is 2.21 bits per heavy atom. The van der Waals surface area contributed by atoms with Crippen LogP contribution in [0.25, 0.3) is 11.0 Å². The standard InChI is InChI=1S/C26H25N5O3/c1-31-22-15-9-8-14-20(22)27-23(31)17-24(32)29-30-26(34)21(16-18-10-4-2-5-11-18)28-25(33)19-12-6-3-7-13-19/h2-15,21H,16-17H2,1H3,(H,28,33)(H,29,32)(H,30,34)/t21-/m0/s1. The molecule has 172 valence electrons. The number of hydrogen-bond acceptors (Lipinski definition) is 4. The number of benzene rings is 3. The number of carbonyl (C=O) groups is 3. The van der Waals surface area contributed by atoms with Crippen LogP contribution in [-0.2, 0) is 29.5 Å². The summed E-state index contributed by atoms with van der Waals surface area (Å²) in [5, 5.41) is 2.76. The molecule has 3 aromatic carbocycles. The van der Waals surface area contributed by atoms with Crippen molar-refractivity contribution in [2.24, 2.45) is 7.05 Å². The number of nitrogens with zero attached hydrogens (tertiary/aromatic N) is 2.